The molecule has 4 nitrogen and oxygen atoms in total. The summed E-state index contributed by atoms with van der Waals surface area (Å²) in [6, 6.07) is 0. The molecule has 16 heavy (non-hydrogen) atoms. The minimum absolute atomic E-state index is 0.0312. The molecule has 0 aromatic rings. The van der Waals surface area contributed by atoms with Crippen LogP contribution in [0.25, 0.3) is 0 Å². The number of hydrogen-bond acceptors (Lipinski definition) is 2. The molecule has 0 aliphatic heterocycles. The van der Waals surface area contributed by atoms with Gasteiger partial charge in [-0.2, -0.15) is 0 Å². The van der Waals surface area contributed by atoms with E-state index in [0.717, 1.165) is 5.57 Å². The van der Waals surface area contributed by atoms with Crippen LogP contribution in [0.15, 0.2) is 23.3 Å². The van der Waals surface area contributed by atoms with Crippen molar-refractivity contribution in [2.24, 2.45) is 5.41 Å². The lowest BCUT2D eigenvalue weighted by molar-refractivity contribution is -0.145. The van der Waals surface area contributed by atoms with Crippen LogP contribution in [0.5, 0.6) is 0 Å². The number of carbonyl (C=O) groups is 2. The van der Waals surface area contributed by atoms with Gasteiger partial charge in [-0.3, -0.25) is 4.79 Å². The van der Waals surface area contributed by atoms with E-state index < -0.39 is 17.4 Å². The molecule has 0 spiro atoms. The highest BCUT2D eigenvalue weighted by Gasteiger charge is 2.36. The zero-order chi connectivity index (χ0) is 12.3. The van der Waals surface area contributed by atoms with Gasteiger partial charge in [-0.05, 0) is 31.4 Å². The Hall–Kier alpha value is -1.10. The molecule has 88 valence electrons. The molecule has 0 amide bonds. The van der Waals surface area contributed by atoms with E-state index in [9.17, 15) is 9.59 Å². The van der Waals surface area contributed by atoms with Crippen LogP contribution in [0.4, 0.5) is 0 Å². The van der Waals surface area contributed by atoms with Crippen molar-refractivity contribution < 1.29 is 19.8 Å². The monoisotopic (exact) mass is 288 g/mol. The highest BCUT2D eigenvalue weighted by molar-refractivity contribution is 9.09. The number of alkyl halides is 1. The highest BCUT2D eigenvalue weighted by atomic mass is 79.9. The number of carboxylic acids is 2. The van der Waals surface area contributed by atoms with E-state index in [1.165, 1.54) is 0 Å². The summed E-state index contributed by atoms with van der Waals surface area (Å²) in [6.07, 6.45) is 3.86. The van der Waals surface area contributed by atoms with E-state index in [1.807, 2.05) is 0 Å². The number of rotatable bonds is 4. The lowest BCUT2D eigenvalue weighted by Crippen LogP contribution is -2.29. The molecule has 0 aromatic heterocycles. The lowest BCUT2D eigenvalue weighted by atomic mass is 9.77. The van der Waals surface area contributed by atoms with Crippen molar-refractivity contribution in [1.29, 1.82) is 0 Å². The normalized spacial score (nSPS) is 24.6. The summed E-state index contributed by atoms with van der Waals surface area (Å²) >= 11 is 3.25. The van der Waals surface area contributed by atoms with Crippen molar-refractivity contribution in [1.82, 2.24) is 0 Å². The molecule has 1 rings (SSSR count). The Morgan fingerprint density at radius 3 is 2.56 bits per heavy atom. The molecular weight excluding hydrogens is 276 g/mol. The first-order valence-electron chi connectivity index (χ1n) is 4.84. The molecule has 0 saturated carbocycles. The number of allylic oxidation sites excluding steroid dienone is 2. The molecule has 0 heterocycles. The SMILES string of the molecule is CC1(C(=O)O)C=C(CCBr)C=C(C(=O)O)C1. The Morgan fingerprint density at radius 1 is 1.50 bits per heavy atom. The van der Waals surface area contributed by atoms with Crippen LogP contribution in [0.2, 0.25) is 0 Å². The predicted octanol–water partition coefficient (Wildman–Crippen LogP) is 2.20. The van der Waals surface area contributed by atoms with Crippen LogP contribution < -0.4 is 0 Å². The van der Waals surface area contributed by atoms with Gasteiger partial charge in [0.15, 0.2) is 0 Å². The fourth-order valence-electron chi connectivity index (χ4n) is 1.70. The van der Waals surface area contributed by atoms with E-state index in [1.54, 1.807) is 19.1 Å². The third kappa shape index (κ3) is 2.72. The molecular formula is C11H13BrO4. The molecule has 1 aliphatic rings. The van der Waals surface area contributed by atoms with Crippen molar-refractivity contribution >= 4 is 27.9 Å². The Kier molecular flexibility index (Phi) is 3.91. The van der Waals surface area contributed by atoms with Gasteiger partial charge in [0.1, 0.15) is 0 Å². The summed E-state index contributed by atoms with van der Waals surface area (Å²) in [7, 11) is 0. The molecule has 2 N–H and O–H groups in total. The molecule has 0 fully saturated rings. The van der Waals surface area contributed by atoms with Crippen LogP contribution in [-0.4, -0.2) is 27.5 Å². The lowest BCUT2D eigenvalue weighted by Gasteiger charge is -2.26. The first-order valence-corrected chi connectivity index (χ1v) is 5.96. The van der Waals surface area contributed by atoms with E-state index in [-0.39, 0.29) is 12.0 Å². The second-order valence-electron chi connectivity index (χ2n) is 4.03. The number of halogens is 1. The molecule has 1 aliphatic carbocycles. The van der Waals surface area contributed by atoms with E-state index in [4.69, 9.17) is 10.2 Å². The summed E-state index contributed by atoms with van der Waals surface area (Å²) in [4.78, 5) is 22.0. The molecule has 0 saturated heterocycles. The predicted molar refractivity (Wildman–Crippen MR) is 62.6 cm³/mol. The largest absolute Gasteiger partial charge is 0.481 e. The third-order valence-corrected chi connectivity index (χ3v) is 2.96. The average molecular weight is 289 g/mol. The first kappa shape index (κ1) is 13.0. The van der Waals surface area contributed by atoms with Crippen LogP contribution >= 0.6 is 15.9 Å². The molecule has 0 bridgehead atoms. The standard InChI is InChI=1S/C11H13BrO4/c1-11(10(15)16)5-7(2-3-12)4-8(6-11)9(13)14/h4-5H,2-3,6H2,1H3,(H,13,14)(H,15,16). The molecule has 1 atom stereocenters. The van der Waals surface area contributed by atoms with E-state index in [0.29, 0.717) is 11.8 Å². The number of carboxylic acid groups (broad SMARTS) is 2. The zero-order valence-electron chi connectivity index (χ0n) is 8.86. The summed E-state index contributed by atoms with van der Waals surface area (Å²) < 4.78 is 0. The second-order valence-corrected chi connectivity index (χ2v) is 4.83. The van der Waals surface area contributed by atoms with Gasteiger partial charge in [0, 0.05) is 10.9 Å². The topological polar surface area (TPSA) is 74.6 Å². The Morgan fingerprint density at radius 2 is 2.12 bits per heavy atom. The Bertz CT molecular complexity index is 383. The van der Waals surface area contributed by atoms with Crippen LogP contribution in [0.1, 0.15) is 19.8 Å². The average Bonchev–Trinajstić information content (AvgIpc) is 2.17. The summed E-state index contributed by atoms with van der Waals surface area (Å²) in [5.74, 6) is -2.04. The number of hydrogen-bond donors (Lipinski definition) is 2. The maximum absolute atomic E-state index is 11.1. The smallest absolute Gasteiger partial charge is 0.331 e. The van der Waals surface area contributed by atoms with Gasteiger partial charge >= 0.3 is 11.9 Å². The van der Waals surface area contributed by atoms with Gasteiger partial charge in [-0.1, -0.05) is 22.0 Å². The highest BCUT2D eigenvalue weighted by Crippen LogP contribution is 2.35. The summed E-state index contributed by atoms with van der Waals surface area (Å²) in [5, 5.41) is 18.7. The maximum Gasteiger partial charge on any atom is 0.331 e. The summed E-state index contributed by atoms with van der Waals surface area (Å²) in [6.45, 7) is 1.54. The minimum atomic E-state index is -1.11. The van der Waals surface area contributed by atoms with Crippen LogP contribution in [0.3, 0.4) is 0 Å². The van der Waals surface area contributed by atoms with Gasteiger partial charge in [0.25, 0.3) is 0 Å². The zero-order valence-corrected chi connectivity index (χ0v) is 10.5. The fourth-order valence-corrected chi connectivity index (χ4v) is 2.16. The first-order chi connectivity index (χ1) is 7.39. The van der Waals surface area contributed by atoms with E-state index >= 15 is 0 Å². The molecule has 5 heteroatoms. The van der Waals surface area contributed by atoms with Gasteiger partial charge < -0.3 is 10.2 Å². The Balaban J connectivity index is 3.09. The van der Waals surface area contributed by atoms with Crippen LogP contribution in [0, 0.1) is 5.41 Å². The molecule has 1 unspecified atom stereocenters. The van der Waals surface area contributed by atoms with Crippen LogP contribution in [-0.2, 0) is 9.59 Å². The van der Waals surface area contributed by atoms with Crippen molar-refractivity contribution in [3.05, 3.63) is 23.3 Å². The van der Waals surface area contributed by atoms with E-state index in [2.05, 4.69) is 15.9 Å². The van der Waals surface area contributed by atoms with Crippen molar-refractivity contribution in [3.8, 4) is 0 Å². The van der Waals surface area contributed by atoms with Crippen molar-refractivity contribution in [3.63, 3.8) is 0 Å². The maximum atomic E-state index is 11.1. The third-order valence-electron chi connectivity index (χ3n) is 2.57. The van der Waals surface area contributed by atoms with Gasteiger partial charge in [0.05, 0.1) is 5.41 Å². The number of aliphatic carboxylic acids is 2. The fraction of sp³-hybridized carbons (Fsp3) is 0.455. The van der Waals surface area contributed by atoms with Crippen molar-refractivity contribution in [2.75, 3.05) is 5.33 Å². The second kappa shape index (κ2) is 4.82. The minimum Gasteiger partial charge on any atom is -0.481 e. The van der Waals surface area contributed by atoms with Crippen molar-refractivity contribution in [2.45, 2.75) is 19.8 Å². The van der Waals surface area contributed by atoms with Gasteiger partial charge in [-0.15, -0.1) is 0 Å². The van der Waals surface area contributed by atoms with Gasteiger partial charge in [-0.25, -0.2) is 4.79 Å². The Labute approximate surface area is 102 Å². The quantitative estimate of drug-likeness (QED) is 0.778. The molecule has 0 aromatic carbocycles. The van der Waals surface area contributed by atoms with Gasteiger partial charge in [0.2, 0.25) is 0 Å². The molecule has 0 radical (unpaired) electrons. The summed E-state index contributed by atoms with van der Waals surface area (Å²) in [5.41, 5.74) is -0.200.